The average Bonchev–Trinajstić information content (AvgIpc) is 3.10. The van der Waals surface area contributed by atoms with Crippen molar-refractivity contribution in [3.63, 3.8) is 0 Å². The SMILES string of the molecule is Cc1nn(C)c2cnn(CCNC(=O)[C@@H]3CC=CC[C@@H]3C(=O)O)c12. The van der Waals surface area contributed by atoms with Crippen LogP contribution in [0.5, 0.6) is 0 Å². The van der Waals surface area contributed by atoms with Crippen LogP contribution in [0.3, 0.4) is 0 Å². The van der Waals surface area contributed by atoms with E-state index in [1.54, 1.807) is 10.9 Å². The second-order valence-electron chi connectivity index (χ2n) is 6.10. The molecule has 8 nitrogen and oxygen atoms in total. The number of nitrogens with one attached hydrogen (secondary N) is 1. The predicted octanol–water partition coefficient (Wildman–Crippen LogP) is 0.861. The molecule has 0 fully saturated rings. The van der Waals surface area contributed by atoms with E-state index >= 15 is 0 Å². The number of amides is 1. The van der Waals surface area contributed by atoms with E-state index in [1.807, 2.05) is 30.8 Å². The lowest BCUT2D eigenvalue weighted by molar-refractivity contribution is -0.147. The fourth-order valence-electron chi connectivity index (χ4n) is 3.27. The summed E-state index contributed by atoms with van der Waals surface area (Å²) >= 11 is 0. The Kier molecular flexibility index (Phi) is 4.37. The van der Waals surface area contributed by atoms with Crippen molar-refractivity contribution in [2.45, 2.75) is 26.3 Å². The number of nitrogens with zero attached hydrogens (tertiary/aromatic N) is 4. The van der Waals surface area contributed by atoms with Crippen LogP contribution in [-0.4, -0.2) is 43.1 Å². The number of fused-ring (bicyclic) bond motifs is 1. The lowest BCUT2D eigenvalue weighted by Crippen LogP contribution is -2.39. The van der Waals surface area contributed by atoms with E-state index in [-0.39, 0.29) is 5.91 Å². The van der Waals surface area contributed by atoms with Gasteiger partial charge in [0.25, 0.3) is 0 Å². The normalized spacial score (nSPS) is 20.4. The Bertz CT molecular complexity index is 804. The van der Waals surface area contributed by atoms with Gasteiger partial charge in [-0.2, -0.15) is 10.2 Å². The zero-order valence-electron chi connectivity index (χ0n) is 13.8. The lowest BCUT2D eigenvalue weighted by atomic mass is 9.82. The van der Waals surface area contributed by atoms with Crippen molar-refractivity contribution in [1.82, 2.24) is 24.9 Å². The van der Waals surface area contributed by atoms with Gasteiger partial charge in [0.15, 0.2) is 0 Å². The minimum Gasteiger partial charge on any atom is -0.481 e. The Morgan fingerprint density at radius 3 is 2.75 bits per heavy atom. The van der Waals surface area contributed by atoms with Crippen LogP contribution in [-0.2, 0) is 23.2 Å². The zero-order chi connectivity index (χ0) is 17.3. The molecule has 0 saturated heterocycles. The van der Waals surface area contributed by atoms with E-state index in [4.69, 9.17) is 0 Å². The minimum atomic E-state index is -0.917. The molecule has 8 heteroatoms. The van der Waals surface area contributed by atoms with Gasteiger partial charge in [-0.05, 0) is 19.8 Å². The Morgan fingerprint density at radius 2 is 2.04 bits per heavy atom. The van der Waals surface area contributed by atoms with Crippen molar-refractivity contribution >= 4 is 22.9 Å². The number of allylic oxidation sites excluding steroid dienone is 2. The number of carbonyl (C=O) groups excluding carboxylic acids is 1. The molecule has 0 unspecified atom stereocenters. The molecule has 128 valence electrons. The summed E-state index contributed by atoms with van der Waals surface area (Å²) < 4.78 is 3.59. The summed E-state index contributed by atoms with van der Waals surface area (Å²) in [5.41, 5.74) is 2.79. The van der Waals surface area contributed by atoms with Crippen molar-refractivity contribution in [2.75, 3.05) is 6.54 Å². The molecule has 3 rings (SSSR count). The Morgan fingerprint density at radius 1 is 1.33 bits per heavy atom. The highest BCUT2D eigenvalue weighted by Crippen LogP contribution is 2.26. The molecule has 2 heterocycles. The van der Waals surface area contributed by atoms with Gasteiger partial charge in [-0.15, -0.1) is 0 Å². The van der Waals surface area contributed by atoms with E-state index in [0.29, 0.717) is 25.9 Å². The first-order valence-electron chi connectivity index (χ1n) is 7.99. The highest BCUT2D eigenvalue weighted by molar-refractivity contribution is 5.85. The first kappa shape index (κ1) is 16.2. The van der Waals surface area contributed by atoms with Gasteiger partial charge in [0.2, 0.25) is 5.91 Å². The summed E-state index contributed by atoms with van der Waals surface area (Å²) in [6, 6.07) is 0. The standard InChI is InChI=1S/C16H21N5O3/c1-10-14-13(20(2)19-10)9-18-21(14)8-7-17-15(22)11-5-3-4-6-12(11)16(23)24/h3-4,9,11-12H,5-8H2,1-2H3,(H,17,22)(H,23,24)/t11-,12+/m1/s1. The van der Waals surface area contributed by atoms with Crippen molar-refractivity contribution in [2.24, 2.45) is 18.9 Å². The van der Waals surface area contributed by atoms with Crippen LogP contribution in [0.1, 0.15) is 18.5 Å². The molecule has 24 heavy (non-hydrogen) atoms. The molecular formula is C16H21N5O3. The highest BCUT2D eigenvalue weighted by atomic mass is 16.4. The summed E-state index contributed by atoms with van der Waals surface area (Å²) in [7, 11) is 1.87. The smallest absolute Gasteiger partial charge is 0.307 e. The number of carboxylic acid groups (broad SMARTS) is 1. The molecule has 1 aliphatic carbocycles. The first-order chi connectivity index (χ1) is 11.5. The summed E-state index contributed by atoms with van der Waals surface area (Å²) in [6.45, 7) is 2.84. The number of rotatable bonds is 5. The van der Waals surface area contributed by atoms with Gasteiger partial charge < -0.3 is 10.4 Å². The first-order valence-corrected chi connectivity index (χ1v) is 7.99. The average molecular weight is 331 g/mol. The van der Waals surface area contributed by atoms with Crippen molar-refractivity contribution in [1.29, 1.82) is 0 Å². The summed E-state index contributed by atoms with van der Waals surface area (Å²) in [5, 5.41) is 20.8. The number of hydrogen-bond acceptors (Lipinski definition) is 4. The topological polar surface area (TPSA) is 102 Å². The third-order valence-corrected chi connectivity index (χ3v) is 4.52. The molecule has 0 radical (unpaired) electrons. The molecule has 2 aromatic rings. The number of hydrogen-bond donors (Lipinski definition) is 2. The maximum atomic E-state index is 12.3. The second-order valence-corrected chi connectivity index (χ2v) is 6.10. The molecule has 2 atom stereocenters. The molecule has 0 bridgehead atoms. The third-order valence-electron chi connectivity index (χ3n) is 4.52. The maximum absolute atomic E-state index is 12.3. The van der Waals surface area contributed by atoms with Gasteiger partial charge in [-0.1, -0.05) is 12.2 Å². The van der Waals surface area contributed by atoms with Crippen LogP contribution in [0.2, 0.25) is 0 Å². The predicted molar refractivity (Wildman–Crippen MR) is 87.2 cm³/mol. The molecule has 1 amide bonds. The van der Waals surface area contributed by atoms with Gasteiger partial charge in [0.1, 0.15) is 11.0 Å². The molecule has 0 spiro atoms. The lowest BCUT2D eigenvalue weighted by Gasteiger charge is -2.24. The Labute approximate surface area is 139 Å². The Hall–Kier alpha value is -2.64. The van der Waals surface area contributed by atoms with E-state index in [2.05, 4.69) is 15.5 Å². The molecule has 2 aromatic heterocycles. The van der Waals surface area contributed by atoms with Gasteiger partial charge in [-0.3, -0.25) is 19.0 Å². The summed E-state index contributed by atoms with van der Waals surface area (Å²) in [4.78, 5) is 23.6. The van der Waals surface area contributed by atoms with E-state index in [9.17, 15) is 14.7 Å². The van der Waals surface area contributed by atoms with E-state index in [1.165, 1.54) is 0 Å². The van der Waals surface area contributed by atoms with Crippen LogP contribution in [0, 0.1) is 18.8 Å². The van der Waals surface area contributed by atoms with E-state index in [0.717, 1.165) is 16.7 Å². The number of aliphatic carboxylic acids is 1. The van der Waals surface area contributed by atoms with Crippen molar-refractivity contribution in [3.8, 4) is 0 Å². The number of carbonyl (C=O) groups is 2. The number of aryl methyl sites for hydroxylation is 2. The van der Waals surface area contributed by atoms with Crippen LogP contribution < -0.4 is 5.32 Å². The summed E-state index contributed by atoms with van der Waals surface area (Å²) in [6.07, 6.45) is 6.33. The maximum Gasteiger partial charge on any atom is 0.307 e. The van der Waals surface area contributed by atoms with Crippen molar-refractivity contribution in [3.05, 3.63) is 24.0 Å². The van der Waals surface area contributed by atoms with Gasteiger partial charge in [-0.25, -0.2) is 0 Å². The molecule has 0 aromatic carbocycles. The summed E-state index contributed by atoms with van der Waals surface area (Å²) in [5.74, 6) is -2.28. The molecule has 1 aliphatic rings. The highest BCUT2D eigenvalue weighted by Gasteiger charge is 2.33. The molecule has 2 N–H and O–H groups in total. The van der Waals surface area contributed by atoms with Crippen LogP contribution in [0.4, 0.5) is 0 Å². The number of carboxylic acids is 1. The Balaban J connectivity index is 1.62. The van der Waals surface area contributed by atoms with Crippen LogP contribution >= 0.6 is 0 Å². The molecule has 0 saturated carbocycles. The molecule has 0 aliphatic heterocycles. The monoisotopic (exact) mass is 331 g/mol. The van der Waals surface area contributed by atoms with Crippen molar-refractivity contribution < 1.29 is 14.7 Å². The fraction of sp³-hybridized carbons (Fsp3) is 0.500. The van der Waals surface area contributed by atoms with E-state index < -0.39 is 17.8 Å². The van der Waals surface area contributed by atoms with Gasteiger partial charge in [0.05, 0.1) is 30.3 Å². The van der Waals surface area contributed by atoms with Gasteiger partial charge >= 0.3 is 5.97 Å². The van der Waals surface area contributed by atoms with Gasteiger partial charge in [0, 0.05) is 13.6 Å². The fourth-order valence-corrected chi connectivity index (χ4v) is 3.27. The molecular weight excluding hydrogens is 310 g/mol. The third kappa shape index (κ3) is 2.91. The van der Waals surface area contributed by atoms with Crippen LogP contribution in [0.25, 0.3) is 11.0 Å². The van der Waals surface area contributed by atoms with Crippen LogP contribution in [0.15, 0.2) is 18.3 Å². The second kappa shape index (κ2) is 6.46. The minimum absolute atomic E-state index is 0.210. The number of aromatic nitrogens is 4. The zero-order valence-corrected chi connectivity index (χ0v) is 13.8. The quantitative estimate of drug-likeness (QED) is 0.791. The largest absolute Gasteiger partial charge is 0.481 e.